The van der Waals surface area contributed by atoms with Crippen molar-refractivity contribution < 1.29 is 19.1 Å². The lowest BCUT2D eigenvalue weighted by Gasteiger charge is -2.17. The Bertz CT molecular complexity index is 311. The molecule has 1 aliphatic rings. The Morgan fingerprint density at radius 1 is 1.47 bits per heavy atom. The number of carbonyl (C=O) groups excluding carboxylic acids is 3. The van der Waals surface area contributed by atoms with Crippen LogP contribution in [0.5, 0.6) is 0 Å². The molecular weight excluding hydrogens is 224 g/mol. The topological polar surface area (TPSA) is 98.5 Å². The van der Waals surface area contributed by atoms with Crippen LogP contribution in [0.2, 0.25) is 0 Å². The van der Waals surface area contributed by atoms with Crippen molar-refractivity contribution in [3.05, 3.63) is 0 Å². The normalized spacial score (nSPS) is 20.9. The van der Waals surface area contributed by atoms with Crippen LogP contribution in [-0.2, 0) is 19.1 Å². The first kappa shape index (κ1) is 13.6. The summed E-state index contributed by atoms with van der Waals surface area (Å²) in [6.07, 6.45) is 1.47. The third-order valence-corrected chi connectivity index (χ3v) is 2.67. The Labute approximate surface area is 99.9 Å². The molecule has 6 heteroatoms. The number of carbonyl (C=O) groups is 3. The van der Waals surface area contributed by atoms with Crippen LogP contribution in [0.4, 0.5) is 0 Å². The van der Waals surface area contributed by atoms with E-state index in [0.717, 1.165) is 6.42 Å². The van der Waals surface area contributed by atoms with Gasteiger partial charge < -0.3 is 20.6 Å². The van der Waals surface area contributed by atoms with Crippen LogP contribution in [0.25, 0.3) is 0 Å². The summed E-state index contributed by atoms with van der Waals surface area (Å²) in [4.78, 5) is 33.6. The molecule has 0 aliphatic carbocycles. The van der Waals surface area contributed by atoms with Gasteiger partial charge in [0.2, 0.25) is 11.8 Å². The molecule has 0 spiro atoms. The average Bonchev–Trinajstić information content (AvgIpc) is 2.76. The van der Waals surface area contributed by atoms with E-state index < -0.39 is 18.1 Å². The summed E-state index contributed by atoms with van der Waals surface area (Å²) < 4.78 is 5.19. The molecular formula is C11H18N2O4. The van der Waals surface area contributed by atoms with Gasteiger partial charge in [-0.25, -0.2) is 0 Å². The molecule has 1 heterocycles. The lowest BCUT2D eigenvalue weighted by molar-refractivity contribution is -0.134. The van der Waals surface area contributed by atoms with Crippen molar-refractivity contribution in [3.8, 4) is 0 Å². The third kappa shape index (κ3) is 4.52. The fourth-order valence-corrected chi connectivity index (χ4v) is 1.68. The van der Waals surface area contributed by atoms with Gasteiger partial charge in [0.05, 0.1) is 0 Å². The quantitative estimate of drug-likeness (QED) is 0.656. The summed E-state index contributed by atoms with van der Waals surface area (Å²) in [6.45, 7) is 1.99. The fraction of sp³-hybridized carbons (Fsp3) is 0.727. The van der Waals surface area contributed by atoms with E-state index in [2.05, 4.69) is 5.32 Å². The number of primary amides is 1. The minimum absolute atomic E-state index is 0.0392. The molecule has 6 nitrogen and oxygen atoms in total. The Morgan fingerprint density at radius 3 is 2.65 bits per heavy atom. The predicted molar refractivity (Wildman–Crippen MR) is 60.0 cm³/mol. The first-order valence-corrected chi connectivity index (χ1v) is 5.71. The first-order valence-electron chi connectivity index (χ1n) is 5.71. The van der Waals surface area contributed by atoms with Gasteiger partial charge in [0.1, 0.15) is 17.9 Å². The SMILES string of the molecule is CC(=O)CC[C@@H](NC(=O)[C@H]1CCCO1)C(N)=O. The second kappa shape index (κ2) is 6.34. The average molecular weight is 242 g/mol. The molecule has 96 valence electrons. The maximum atomic E-state index is 11.7. The zero-order chi connectivity index (χ0) is 12.8. The van der Waals surface area contributed by atoms with Crippen LogP contribution in [0.1, 0.15) is 32.6 Å². The largest absolute Gasteiger partial charge is 0.368 e. The molecule has 2 amide bonds. The van der Waals surface area contributed by atoms with Crippen molar-refractivity contribution in [1.82, 2.24) is 5.32 Å². The van der Waals surface area contributed by atoms with Crippen LogP contribution in [0.15, 0.2) is 0 Å². The van der Waals surface area contributed by atoms with Crippen molar-refractivity contribution >= 4 is 17.6 Å². The maximum Gasteiger partial charge on any atom is 0.249 e. The molecule has 0 bridgehead atoms. The lowest BCUT2D eigenvalue weighted by Crippen LogP contribution is -2.48. The van der Waals surface area contributed by atoms with Crippen molar-refractivity contribution in [1.29, 1.82) is 0 Å². The number of nitrogens with one attached hydrogen (secondary N) is 1. The highest BCUT2D eigenvalue weighted by atomic mass is 16.5. The van der Waals surface area contributed by atoms with E-state index in [1.54, 1.807) is 0 Å². The number of amides is 2. The van der Waals surface area contributed by atoms with E-state index in [0.29, 0.717) is 13.0 Å². The molecule has 2 atom stereocenters. The van der Waals surface area contributed by atoms with Gasteiger partial charge in [0.25, 0.3) is 0 Å². The van der Waals surface area contributed by atoms with Gasteiger partial charge in [-0.05, 0) is 26.2 Å². The Hall–Kier alpha value is -1.43. The number of ether oxygens (including phenoxy) is 1. The van der Waals surface area contributed by atoms with Crippen LogP contribution in [0, 0.1) is 0 Å². The molecule has 0 radical (unpaired) electrons. The van der Waals surface area contributed by atoms with E-state index >= 15 is 0 Å². The molecule has 17 heavy (non-hydrogen) atoms. The molecule has 3 N–H and O–H groups in total. The van der Waals surface area contributed by atoms with E-state index in [1.807, 2.05) is 0 Å². The highest BCUT2D eigenvalue weighted by Gasteiger charge is 2.27. The van der Waals surface area contributed by atoms with Crippen molar-refractivity contribution in [2.75, 3.05) is 6.61 Å². The summed E-state index contributed by atoms with van der Waals surface area (Å²) in [5.74, 6) is -0.991. The number of hydrogen-bond acceptors (Lipinski definition) is 4. The summed E-state index contributed by atoms with van der Waals surface area (Å²) in [6, 6.07) is -0.796. The molecule has 0 unspecified atom stereocenters. The van der Waals surface area contributed by atoms with E-state index in [-0.39, 0.29) is 24.5 Å². The fourth-order valence-electron chi connectivity index (χ4n) is 1.68. The van der Waals surface area contributed by atoms with E-state index in [9.17, 15) is 14.4 Å². The van der Waals surface area contributed by atoms with Crippen LogP contribution in [0.3, 0.4) is 0 Å². The Kier molecular flexibility index (Phi) is 5.09. The molecule has 1 fully saturated rings. The molecule has 0 aromatic heterocycles. The number of rotatable bonds is 6. The van der Waals surface area contributed by atoms with Gasteiger partial charge in [0.15, 0.2) is 0 Å². The Morgan fingerprint density at radius 2 is 2.18 bits per heavy atom. The minimum Gasteiger partial charge on any atom is -0.368 e. The number of hydrogen-bond donors (Lipinski definition) is 2. The lowest BCUT2D eigenvalue weighted by atomic mass is 10.1. The highest BCUT2D eigenvalue weighted by molar-refractivity contribution is 5.89. The van der Waals surface area contributed by atoms with Gasteiger partial charge in [-0.1, -0.05) is 0 Å². The predicted octanol–water partition coefficient (Wildman–Crippen LogP) is -0.495. The van der Waals surface area contributed by atoms with Gasteiger partial charge in [-0.2, -0.15) is 0 Å². The second-order valence-corrected chi connectivity index (χ2v) is 4.21. The third-order valence-electron chi connectivity index (χ3n) is 2.67. The second-order valence-electron chi connectivity index (χ2n) is 4.21. The minimum atomic E-state index is -0.796. The summed E-state index contributed by atoms with van der Waals surface area (Å²) >= 11 is 0. The maximum absolute atomic E-state index is 11.7. The van der Waals surface area contributed by atoms with Gasteiger partial charge >= 0.3 is 0 Å². The monoisotopic (exact) mass is 242 g/mol. The van der Waals surface area contributed by atoms with E-state index in [4.69, 9.17) is 10.5 Å². The van der Waals surface area contributed by atoms with Gasteiger partial charge in [-0.3, -0.25) is 9.59 Å². The molecule has 1 saturated heterocycles. The molecule has 0 aromatic rings. The molecule has 1 aliphatic heterocycles. The van der Waals surface area contributed by atoms with Gasteiger partial charge in [-0.15, -0.1) is 0 Å². The summed E-state index contributed by atoms with van der Waals surface area (Å²) in [7, 11) is 0. The van der Waals surface area contributed by atoms with Crippen molar-refractivity contribution in [2.24, 2.45) is 5.73 Å². The number of ketones is 1. The molecule has 0 saturated carbocycles. The van der Waals surface area contributed by atoms with Crippen LogP contribution in [-0.4, -0.2) is 36.4 Å². The standard InChI is InChI=1S/C11H18N2O4/c1-7(14)4-5-8(10(12)15)13-11(16)9-3-2-6-17-9/h8-9H,2-6H2,1H3,(H2,12,15)(H,13,16)/t8-,9-/m1/s1. The summed E-state index contributed by atoms with van der Waals surface area (Å²) in [5, 5.41) is 2.52. The number of nitrogens with two attached hydrogens (primary N) is 1. The smallest absolute Gasteiger partial charge is 0.249 e. The van der Waals surface area contributed by atoms with Crippen molar-refractivity contribution in [2.45, 2.75) is 44.8 Å². The zero-order valence-electron chi connectivity index (χ0n) is 9.90. The summed E-state index contributed by atoms with van der Waals surface area (Å²) in [5.41, 5.74) is 5.16. The van der Waals surface area contributed by atoms with Crippen LogP contribution < -0.4 is 11.1 Å². The van der Waals surface area contributed by atoms with Gasteiger partial charge in [0, 0.05) is 13.0 Å². The molecule has 0 aromatic carbocycles. The van der Waals surface area contributed by atoms with Crippen LogP contribution >= 0.6 is 0 Å². The van der Waals surface area contributed by atoms with Crippen molar-refractivity contribution in [3.63, 3.8) is 0 Å². The van der Waals surface area contributed by atoms with E-state index in [1.165, 1.54) is 6.92 Å². The zero-order valence-corrected chi connectivity index (χ0v) is 9.90. The molecule has 1 rings (SSSR count). The highest BCUT2D eigenvalue weighted by Crippen LogP contribution is 2.12. The Balaban J connectivity index is 2.44. The first-order chi connectivity index (χ1) is 8.00. The number of Topliss-reactive ketones (excluding diaryl/α,β-unsaturated/α-hetero) is 1.